The van der Waals surface area contributed by atoms with Crippen molar-refractivity contribution in [3.8, 4) is 5.69 Å². The molecular formula is C23H18ClF5N2O5. The number of aromatic nitrogens is 1. The van der Waals surface area contributed by atoms with Gasteiger partial charge in [0.05, 0.1) is 28.9 Å². The van der Waals surface area contributed by atoms with E-state index < -0.39 is 85.0 Å². The number of fused-ring (bicyclic) bond motifs is 1. The molecular weight excluding hydrogens is 515 g/mol. The lowest BCUT2D eigenvalue weighted by molar-refractivity contribution is 0.0523. The van der Waals surface area contributed by atoms with Crippen LogP contribution in [0.25, 0.3) is 16.6 Å². The zero-order chi connectivity index (χ0) is 27.1. The highest BCUT2D eigenvalue weighted by atomic mass is 35.5. The minimum atomic E-state index is -2.07. The van der Waals surface area contributed by atoms with Gasteiger partial charge in [-0.2, -0.15) is 0 Å². The monoisotopic (exact) mass is 532 g/mol. The maximum absolute atomic E-state index is 15.0. The molecule has 2 aromatic carbocycles. The van der Waals surface area contributed by atoms with Crippen LogP contribution in [-0.2, 0) is 9.47 Å². The number of hydrogen-bond acceptors (Lipinski definition) is 5. The third-order valence-electron chi connectivity index (χ3n) is 4.64. The molecule has 0 unspecified atom stereocenters. The van der Waals surface area contributed by atoms with Crippen LogP contribution in [0.5, 0.6) is 0 Å². The minimum Gasteiger partial charge on any atom is -0.462 e. The van der Waals surface area contributed by atoms with Crippen molar-refractivity contribution in [2.24, 2.45) is 0 Å². The van der Waals surface area contributed by atoms with Gasteiger partial charge < -0.3 is 14.0 Å². The summed E-state index contributed by atoms with van der Waals surface area (Å²) in [5.74, 6) is -10.1. The van der Waals surface area contributed by atoms with Gasteiger partial charge in [-0.25, -0.2) is 31.5 Å². The Labute approximate surface area is 205 Å². The quantitative estimate of drug-likeness (QED) is 0.258. The van der Waals surface area contributed by atoms with Gasteiger partial charge in [-0.1, -0.05) is 11.6 Å². The number of carbonyl (C=O) groups is 2. The van der Waals surface area contributed by atoms with E-state index in [-0.39, 0.29) is 6.61 Å². The fourth-order valence-electron chi connectivity index (χ4n) is 3.21. The van der Waals surface area contributed by atoms with Crippen molar-refractivity contribution in [1.29, 1.82) is 0 Å². The Hall–Kier alpha value is -3.67. The van der Waals surface area contributed by atoms with Crippen LogP contribution in [0.2, 0.25) is 5.02 Å². The van der Waals surface area contributed by atoms with Crippen molar-refractivity contribution in [2.45, 2.75) is 33.3 Å². The van der Waals surface area contributed by atoms with E-state index >= 15 is 0 Å². The van der Waals surface area contributed by atoms with Crippen LogP contribution in [0, 0.1) is 29.1 Å². The summed E-state index contributed by atoms with van der Waals surface area (Å²) in [7, 11) is 0. The number of anilines is 1. The highest BCUT2D eigenvalue weighted by Gasteiger charge is 2.27. The third kappa shape index (κ3) is 4.99. The average molecular weight is 533 g/mol. The lowest BCUT2D eigenvalue weighted by atomic mass is 10.1. The molecule has 0 atom stereocenters. The maximum atomic E-state index is 15.0. The largest absolute Gasteiger partial charge is 0.462 e. The van der Waals surface area contributed by atoms with E-state index in [0.29, 0.717) is 22.9 Å². The van der Waals surface area contributed by atoms with E-state index in [1.54, 1.807) is 0 Å². The summed E-state index contributed by atoms with van der Waals surface area (Å²) < 4.78 is 82.7. The van der Waals surface area contributed by atoms with Gasteiger partial charge in [0, 0.05) is 6.20 Å². The van der Waals surface area contributed by atoms with Gasteiger partial charge >= 0.3 is 12.1 Å². The molecule has 0 spiro atoms. The van der Waals surface area contributed by atoms with Gasteiger partial charge in [-0.05, 0) is 39.8 Å². The van der Waals surface area contributed by atoms with Gasteiger partial charge in [0.2, 0.25) is 5.43 Å². The van der Waals surface area contributed by atoms with Crippen LogP contribution in [0.1, 0.15) is 38.1 Å². The van der Waals surface area contributed by atoms with E-state index in [4.69, 9.17) is 21.1 Å². The Kier molecular flexibility index (Phi) is 7.30. The van der Waals surface area contributed by atoms with Crippen LogP contribution in [-0.4, -0.2) is 28.8 Å². The van der Waals surface area contributed by atoms with Crippen LogP contribution >= 0.6 is 11.6 Å². The number of carbonyl (C=O) groups excluding carboxylic acids is 2. The lowest BCUT2D eigenvalue weighted by Crippen LogP contribution is -2.27. The molecule has 3 aromatic rings. The second-order valence-electron chi connectivity index (χ2n) is 8.36. The van der Waals surface area contributed by atoms with E-state index in [2.05, 4.69) is 0 Å². The first-order chi connectivity index (χ1) is 16.7. The fraction of sp³-hybridized carbons (Fsp3) is 0.261. The van der Waals surface area contributed by atoms with Gasteiger partial charge in [0.15, 0.2) is 29.1 Å². The molecule has 0 radical (unpaired) electrons. The van der Waals surface area contributed by atoms with E-state index in [9.17, 15) is 36.3 Å². The predicted molar refractivity (Wildman–Crippen MR) is 120 cm³/mol. The first-order valence-electron chi connectivity index (χ1n) is 10.3. The molecule has 7 nitrogen and oxygen atoms in total. The molecule has 1 amide bonds. The Morgan fingerprint density at radius 1 is 1.03 bits per heavy atom. The molecule has 0 fully saturated rings. The molecule has 1 aromatic heterocycles. The second kappa shape index (κ2) is 9.76. The number of pyridine rings is 1. The zero-order valence-electron chi connectivity index (χ0n) is 19.2. The zero-order valence-corrected chi connectivity index (χ0v) is 20.0. The summed E-state index contributed by atoms with van der Waals surface area (Å²) in [6, 6.07) is 1.00. The molecule has 0 bridgehead atoms. The highest BCUT2D eigenvalue weighted by Crippen LogP contribution is 2.33. The number of hydrogen-bond donors (Lipinski definition) is 1. The molecule has 13 heteroatoms. The Balaban J connectivity index is 2.39. The van der Waals surface area contributed by atoms with Gasteiger partial charge in [-0.15, -0.1) is 0 Å². The number of amides is 1. The highest BCUT2D eigenvalue weighted by molar-refractivity contribution is 6.35. The number of halogens is 6. The summed E-state index contributed by atoms with van der Waals surface area (Å²) in [6.07, 6.45) is -0.569. The van der Waals surface area contributed by atoms with Crippen molar-refractivity contribution < 1.29 is 41.0 Å². The molecule has 0 aliphatic rings. The van der Waals surface area contributed by atoms with E-state index in [0.717, 1.165) is 0 Å². The van der Waals surface area contributed by atoms with Crippen LogP contribution in [0.4, 0.5) is 32.4 Å². The molecule has 0 aliphatic heterocycles. The molecule has 1 heterocycles. The molecule has 192 valence electrons. The number of nitrogens with one attached hydrogen (secondary N) is 1. The number of benzene rings is 2. The predicted octanol–water partition coefficient (Wildman–Crippen LogP) is 5.86. The number of nitrogens with zero attached hydrogens (tertiary/aromatic N) is 1. The molecule has 36 heavy (non-hydrogen) atoms. The molecule has 1 N–H and O–H groups in total. The van der Waals surface area contributed by atoms with E-state index in [1.807, 2.05) is 5.32 Å². The molecule has 0 saturated carbocycles. The number of esters is 1. The second-order valence-corrected chi connectivity index (χ2v) is 8.73. The van der Waals surface area contributed by atoms with Crippen molar-refractivity contribution >= 4 is 40.3 Å². The first-order valence-corrected chi connectivity index (χ1v) is 10.6. The summed E-state index contributed by atoms with van der Waals surface area (Å²) >= 11 is 5.90. The molecule has 0 saturated heterocycles. The number of rotatable bonds is 4. The minimum absolute atomic E-state index is 0.182. The molecule has 0 aliphatic carbocycles. The third-order valence-corrected chi connectivity index (χ3v) is 4.99. The van der Waals surface area contributed by atoms with Crippen LogP contribution in [0.3, 0.4) is 0 Å². The summed E-state index contributed by atoms with van der Waals surface area (Å²) in [4.78, 5) is 37.3. The Morgan fingerprint density at radius 2 is 1.67 bits per heavy atom. The Bertz CT molecular complexity index is 1470. The van der Waals surface area contributed by atoms with Crippen molar-refractivity contribution in [3.05, 3.63) is 68.2 Å². The summed E-state index contributed by atoms with van der Waals surface area (Å²) in [6.45, 7) is 5.74. The SMILES string of the molecule is CCOC(=O)c1cn(-c2cc(NC(=O)OC(C)(C)C)c(F)c(F)c2F)c2c(Cl)c(F)c(F)cc2c1=O. The van der Waals surface area contributed by atoms with Crippen LogP contribution < -0.4 is 10.7 Å². The summed E-state index contributed by atoms with van der Waals surface area (Å²) in [5, 5.41) is 0.225. The van der Waals surface area contributed by atoms with Gasteiger partial charge in [0.1, 0.15) is 16.2 Å². The van der Waals surface area contributed by atoms with Crippen molar-refractivity contribution in [1.82, 2.24) is 4.57 Å². The smallest absolute Gasteiger partial charge is 0.412 e. The number of ether oxygens (including phenoxy) is 2. The summed E-state index contributed by atoms with van der Waals surface area (Å²) in [5.41, 5.74) is -5.42. The van der Waals surface area contributed by atoms with Gasteiger partial charge in [0.25, 0.3) is 0 Å². The maximum Gasteiger partial charge on any atom is 0.412 e. The average Bonchev–Trinajstić information content (AvgIpc) is 2.77. The Morgan fingerprint density at radius 3 is 2.25 bits per heavy atom. The first kappa shape index (κ1) is 26.9. The lowest BCUT2D eigenvalue weighted by Gasteiger charge is -2.21. The van der Waals surface area contributed by atoms with Crippen LogP contribution in [0.15, 0.2) is 23.1 Å². The van der Waals surface area contributed by atoms with Gasteiger partial charge in [-0.3, -0.25) is 10.1 Å². The molecule has 3 rings (SSSR count). The van der Waals surface area contributed by atoms with Crippen molar-refractivity contribution in [3.63, 3.8) is 0 Å². The fourth-order valence-corrected chi connectivity index (χ4v) is 3.49. The van der Waals surface area contributed by atoms with E-state index in [1.165, 1.54) is 27.7 Å². The standard InChI is InChI=1S/C23H18ClF5N2O5/c1-5-35-21(33)10-8-31(19-9(20(10)32)6-11(25)15(26)14(19)24)13-7-12(16(27)18(29)17(13)28)30-22(34)36-23(2,3)4/h6-8H,5H2,1-4H3,(H,30,34). The normalized spacial score (nSPS) is 11.5. The topological polar surface area (TPSA) is 86.6 Å². The van der Waals surface area contributed by atoms with Crippen molar-refractivity contribution in [2.75, 3.05) is 11.9 Å².